The first-order valence-corrected chi connectivity index (χ1v) is 8.08. The van der Waals surface area contributed by atoms with Gasteiger partial charge >= 0.3 is 0 Å². The molecule has 20 heavy (non-hydrogen) atoms. The predicted molar refractivity (Wildman–Crippen MR) is 82.9 cm³/mol. The number of aromatic nitrogens is 4. The molecule has 3 rings (SSSR count). The number of thiazole rings is 1. The van der Waals surface area contributed by atoms with Crippen LogP contribution in [0.2, 0.25) is 0 Å². The minimum atomic E-state index is 0.868. The molecule has 0 aliphatic heterocycles. The van der Waals surface area contributed by atoms with Crippen molar-refractivity contribution in [1.29, 1.82) is 0 Å². The van der Waals surface area contributed by atoms with E-state index < -0.39 is 0 Å². The van der Waals surface area contributed by atoms with Gasteiger partial charge in [0.2, 0.25) is 0 Å². The number of rotatable bonds is 3. The van der Waals surface area contributed by atoms with Crippen molar-refractivity contribution < 1.29 is 0 Å². The van der Waals surface area contributed by atoms with E-state index in [1.165, 1.54) is 0 Å². The molecule has 3 aromatic rings. The molecule has 0 fully saturated rings. The van der Waals surface area contributed by atoms with Gasteiger partial charge in [-0.3, -0.25) is 4.98 Å². The molecule has 0 bridgehead atoms. The second-order valence-corrected chi connectivity index (χ2v) is 5.96. The van der Waals surface area contributed by atoms with Crippen molar-refractivity contribution in [3.63, 3.8) is 0 Å². The summed E-state index contributed by atoms with van der Waals surface area (Å²) in [6, 6.07) is 7.90. The van der Waals surface area contributed by atoms with E-state index in [0.717, 1.165) is 31.9 Å². The van der Waals surface area contributed by atoms with Crippen molar-refractivity contribution in [2.75, 3.05) is 6.26 Å². The monoisotopic (exact) mass is 300 g/mol. The summed E-state index contributed by atoms with van der Waals surface area (Å²) in [5.74, 6) is 0. The van der Waals surface area contributed by atoms with Crippen LogP contribution >= 0.6 is 23.1 Å². The first-order valence-electron chi connectivity index (χ1n) is 6.04. The Labute approximate surface area is 125 Å². The fourth-order valence-corrected chi connectivity index (χ4v) is 3.14. The van der Waals surface area contributed by atoms with Crippen LogP contribution in [0, 0.1) is 6.92 Å². The van der Waals surface area contributed by atoms with E-state index >= 15 is 0 Å². The average molecular weight is 300 g/mol. The van der Waals surface area contributed by atoms with Gasteiger partial charge in [-0.25, -0.2) is 4.98 Å². The molecule has 0 saturated heterocycles. The van der Waals surface area contributed by atoms with Gasteiger partial charge in [-0.2, -0.15) is 0 Å². The van der Waals surface area contributed by atoms with Crippen LogP contribution in [0.4, 0.5) is 0 Å². The van der Waals surface area contributed by atoms with Crippen molar-refractivity contribution >= 4 is 23.1 Å². The maximum atomic E-state index is 4.61. The number of pyridine rings is 1. The highest BCUT2D eigenvalue weighted by molar-refractivity contribution is 7.98. The third-order valence-electron chi connectivity index (χ3n) is 2.79. The molecule has 3 aromatic heterocycles. The molecule has 0 atom stereocenters. The lowest BCUT2D eigenvalue weighted by Crippen LogP contribution is -1.88. The van der Waals surface area contributed by atoms with Crippen molar-refractivity contribution in [3.05, 3.63) is 42.4 Å². The van der Waals surface area contributed by atoms with Gasteiger partial charge in [0.1, 0.15) is 15.7 Å². The Balaban J connectivity index is 2.00. The molecule has 6 heteroatoms. The number of thioether (sulfide) groups is 1. The summed E-state index contributed by atoms with van der Waals surface area (Å²) in [6.45, 7) is 2.00. The second-order valence-electron chi connectivity index (χ2n) is 4.14. The van der Waals surface area contributed by atoms with Gasteiger partial charge in [0.25, 0.3) is 0 Å². The molecule has 0 aliphatic rings. The number of hydrogen-bond donors (Lipinski definition) is 0. The molecular formula is C14H12N4S2. The third-order valence-corrected chi connectivity index (χ3v) is 4.65. The maximum Gasteiger partial charge on any atom is 0.125 e. The van der Waals surface area contributed by atoms with Gasteiger partial charge < -0.3 is 0 Å². The minimum Gasteiger partial charge on any atom is -0.264 e. The lowest BCUT2D eigenvalue weighted by atomic mass is 10.3. The van der Waals surface area contributed by atoms with Gasteiger partial charge in [-0.1, -0.05) is 0 Å². The van der Waals surface area contributed by atoms with Crippen LogP contribution in [-0.4, -0.2) is 26.4 Å². The van der Waals surface area contributed by atoms with Crippen molar-refractivity contribution in [1.82, 2.24) is 20.2 Å². The van der Waals surface area contributed by atoms with Crippen LogP contribution in [0.15, 0.2) is 41.7 Å². The minimum absolute atomic E-state index is 0.868. The van der Waals surface area contributed by atoms with E-state index in [-0.39, 0.29) is 0 Å². The number of nitrogens with zero attached hydrogens (tertiary/aromatic N) is 4. The zero-order valence-corrected chi connectivity index (χ0v) is 12.7. The Hall–Kier alpha value is -1.79. The fraction of sp³-hybridized carbons (Fsp3) is 0.143. The third kappa shape index (κ3) is 2.57. The highest BCUT2D eigenvalue weighted by atomic mass is 32.2. The first kappa shape index (κ1) is 13.2. The summed E-state index contributed by atoms with van der Waals surface area (Å²) in [4.78, 5) is 9.80. The highest BCUT2D eigenvalue weighted by Gasteiger charge is 2.12. The van der Waals surface area contributed by atoms with Crippen LogP contribution in [0.1, 0.15) is 5.69 Å². The standard InChI is InChI=1S/C14H12N4S2/c1-9-13(11-5-6-12(19-2)18-17-11)20-14(16-9)10-4-3-7-15-8-10/h3-8H,1-2H3. The largest absolute Gasteiger partial charge is 0.264 e. The molecule has 0 aromatic carbocycles. The number of hydrogen-bond acceptors (Lipinski definition) is 6. The molecule has 3 heterocycles. The second kappa shape index (κ2) is 5.68. The van der Waals surface area contributed by atoms with Crippen LogP contribution < -0.4 is 0 Å². The van der Waals surface area contributed by atoms with Crippen LogP contribution in [0.3, 0.4) is 0 Å². The lowest BCUT2D eigenvalue weighted by Gasteiger charge is -1.97. The molecule has 100 valence electrons. The smallest absolute Gasteiger partial charge is 0.125 e. The molecule has 0 N–H and O–H groups in total. The highest BCUT2D eigenvalue weighted by Crippen LogP contribution is 2.33. The van der Waals surface area contributed by atoms with Crippen molar-refractivity contribution in [2.24, 2.45) is 0 Å². The van der Waals surface area contributed by atoms with Gasteiger partial charge in [0, 0.05) is 18.0 Å². The maximum absolute atomic E-state index is 4.61. The van der Waals surface area contributed by atoms with Crippen LogP contribution in [0.5, 0.6) is 0 Å². The van der Waals surface area contributed by atoms with Crippen LogP contribution in [0.25, 0.3) is 21.1 Å². The number of aryl methyl sites for hydroxylation is 1. The molecular weight excluding hydrogens is 288 g/mol. The molecule has 0 spiro atoms. The summed E-state index contributed by atoms with van der Waals surface area (Å²) in [7, 11) is 0. The summed E-state index contributed by atoms with van der Waals surface area (Å²) in [5, 5.41) is 10.3. The summed E-state index contributed by atoms with van der Waals surface area (Å²) < 4.78 is 0. The Bertz CT molecular complexity index is 708. The Morgan fingerprint density at radius 1 is 1.15 bits per heavy atom. The van der Waals surface area contributed by atoms with Gasteiger partial charge in [0.15, 0.2) is 0 Å². The van der Waals surface area contributed by atoms with Gasteiger partial charge in [-0.15, -0.1) is 33.3 Å². The normalized spacial score (nSPS) is 10.7. The van der Waals surface area contributed by atoms with Gasteiger partial charge in [-0.05, 0) is 37.4 Å². The molecule has 0 unspecified atom stereocenters. The van der Waals surface area contributed by atoms with E-state index in [2.05, 4.69) is 20.2 Å². The molecule has 0 amide bonds. The summed E-state index contributed by atoms with van der Waals surface area (Å²) >= 11 is 3.20. The van der Waals surface area contributed by atoms with Crippen molar-refractivity contribution in [2.45, 2.75) is 11.9 Å². The van der Waals surface area contributed by atoms with E-state index in [0.29, 0.717) is 0 Å². The van der Waals surface area contributed by atoms with E-state index in [9.17, 15) is 0 Å². The Morgan fingerprint density at radius 3 is 2.70 bits per heavy atom. The zero-order chi connectivity index (χ0) is 13.9. The topological polar surface area (TPSA) is 51.6 Å². The first-order chi connectivity index (χ1) is 9.78. The molecule has 0 aliphatic carbocycles. The Kier molecular flexibility index (Phi) is 3.75. The van der Waals surface area contributed by atoms with Crippen molar-refractivity contribution in [3.8, 4) is 21.1 Å². The molecule has 0 saturated carbocycles. The molecule has 0 radical (unpaired) electrons. The lowest BCUT2D eigenvalue weighted by molar-refractivity contribution is 0.938. The van der Waals surface area contributed by atoms with Gasteiger partial charge in [0.05, 0.1) is 10.6 Å². The SMILES string of the molecule is CSc1ccc(-c2sc(-c3cccnc3)nc2C)nn1. The van der Waals surface area contributed by atoms with E-state index in [1.54, 1.807) is 29.3 Å². The summed E-state index contributed by atoms with van der Waals surface area (Å²) in [6.07, 6.45) is 5.57. The zero-order valence-electron chi connectivity index (χ0n) is 11.1. The van der Waals surface area contributed by atoms with E-state index in [1.807, 2.05) is 43.6 Å². The summed E-state index contributed by atoms with van der Waals surface area (Å²) in [5.41, 5.74) is 2.87. The molecule has 4 nitrogen and oxygen atoms in total. The fourth-order valence-electron chi connectivity index (χ4n) is 1.80. The average Bonchev–Trinajstić information content (AvgIpc) is 2.90. The quantitative estimate of drug-likeness (QED) is 0.690. The van der Waals surface area contributed by atoms with Crippen LogP contribution in [-0.2, 0) is 0 Å². The Morgan fingerprint density at radius 2 is 2.05 bits per heavy atom. The van der Waals surface area contributed by atoms with E-state index in [4.69, 9.17) is 0 Å². The predicted octanol–water partition coefficient (Wildman–Crippen LogP) is 3.69.